The summed E-state index contributed by atoms with van der Waals surface area (Å²) < 4.78 is 1.53. The lowest BCUT2D eigenvalue weighted by Gasteiger charge is -2.02. The molecule has 5 heteroatoms. The van der Waals surface area contributed by atoms with Crippen LogP contribution >= 0.6 is 0 Å². The highest BCUT2D eigenvalue weighted by atomic mass is 16.3. The van der Waals surface area contributed by atoms with Crippen molar-refractivity contribution in [2.45, 2.75) is 12.5 Å². The zero-order valence-electron chi connectivity index (χ0n) is 7.05. The second-order valence-corrected chi connectivity index (χ2v) is 3.29. The highest BCUT2D eigenvalue weighted by Crippen LogP contribution is 2.41. The number of hydrogen-bond donors (Lipinski definition) is 2. The first-order valence-electron chi connectivity index (χ1n) is 4.18. The molecule has 3 N–H and O–H groups in total. The summed E-state index contributed by atoms with van der Waals surface area (Å²) in [5.74, 6) is 0.450. The van der Waals surface area contributed by atoms with Crippen molar-refractivity contribution in [3.63, 3.8) is 0 Å². The van der Waals surface area contributed by atoms with Gasteiger partial charge in [-0.25, -0.2) is 4.79 Å². The molecule has 0 saturated heterocycles. The molecule has 1 aromatic rings. The molecule has 0 unspecified atom stereocenters. The minimum atomic E-state index is -0.332. The Hall–Kier alpha value is -1.36. The van der Waals surface area contributed by atoms with Crippen molar-refractivity contribution >= 4 is 5.82 Å². The Bertz CT molecular complexity index is 374. The van der Waals surface area contributed by atoms with E-state index in [-0.39, 0.29) is 30.1 Å². The van der Waals surface area contributed by atoms with E-state index in [2.05, 4.69) is 4.98 Å². The quantitative estimate of drug-likeness (QED) is 0.637. The predicted molar refractivity (Wildman–Crippen MR) is 47.1 cm³/mol. The lowest BCUT2D eigenvalue weighted by Crippen LogP contribution is -2.23. The molecule has 5 nitrogen and oxygen atoms in total. The van der Waals surface area contributed by atoms with Gasteiger partial charge < -0.3 is 10.8 Å². The molecule has 2 rings (SSSR count). The van der Waals surface area contributed by atoms with E-state index in [0.29, 0.717) is 0 Å². The van der Waals surface area contributed by atoms with Crippen molar-refractivity contribution < 1.29 is 5.11 Å². The van der Waals surface area contributed by atoms with E-state index in [1.807, 2.05) is 0 Å². The maximum absolute atomic E-state index is 11.3. The standard InChI is InChI=1S/C8H11N3O2/c9-7-1-2-11(8(13)10-7)6-3-5(6)4-12/h1-2,5-6,12H,3-4H2,(H2,9,10,13)/t5-,6-/m1/s1. The van der Waals surface area contributed by atoms with Crippen LogP contribution in [0.3, 0.4) is 0 Å². The number of anilines is 1. The molecular formula is C8H11N3O2. The summed E-state index contributed by atoms with van der Waals surface area (Å²) >= 11 is 0. The molecule has 0 amide bonds. The van der Waals surface area contributed by atoms with Crippen LogP contribution in [0.5, 0.6) is 0 Å². The van der Waals surface area contributed by atoms with Gasteiger partial charge in [0, 0.05) is 24.8 Å². The number of nitrogen functional groups attached to an aromatic ring is 1. The molecule has 0 aromatic carbocycles. The molecule has 1 saturated carbocycles. The summed E-state index contributed by atoms with van der Waals surface area (Å²) in [6.45, 7) is 0.126. The first kappa shape index (κ1) is 8.25. The van der Waals surface area contributed by atoms with E-state index in [1.54, 1.807) is 12.3 Å². The monoisotopic (exact) mass is 181 g/mol. The fourth-order valence-corrected chi connectivity index (χ4v) is 1.45. The van der Waals surface area contributed by atoms with Crippen LogP contribution < -0.4 is 11.4 Å². The molecule has 1 aliphatic carbocycles. The van der Waals surface area contributed by atoms with Crippen molar-refractivity contribution in [2.24, 2.45) is 5.92 Å². The molecule has 70 valence electrons. The topological polar surface area (TPSA) is 81.1 Å². The Morgan fingerprint density at radius 2 is 2.54 bits per heavy atom. The van der Waals surface area contributed by atoms with Gasteiger partial charge in [0.15, 0.2) is 0 Å². The number of aromatic nitrogens is 2. The van der Waals surface area contributed by atoms with Crippen LogP contribution in [0.15, 0.2) is 17.1 Å². The lowest BCUT2D eigenvalue weighted by molar-refractivity contribution is 0.268. The van der Waals surface area contributed by atoms with E-state index in [1.165, 1.54) is 4.57 Å². The van der Waals surface area contributed by atoms with E-state index in [0.717, 1.165) is 6.42 Å². The van der Waals surface area contributed by atoms with Gasteiger partial charge in [-0.1, -0.05) is 0 Å². The molecule has 0 spiro atoms. The van der Waals surface area contributed by atoms with Crippen molar-refractivity contribution in [1.82, 2.24) is 9.55 Å². The summed E-state index contributed by atoms with van der Waals surface area (Å²) in [7, 11) is 0. The first-order valence-corrected chi connectivity index (χ1v) is 4.18. The van der Waals surface area contributed by atoms with Crippen LogP contribution in [-0.2, 0) is 0 Å². The second-order valence-electron chi connectivity index (χ2n) is 3.29. The van der Waals surface area contributed by atoms with E-state index in [9.17, 15) is 4.79 Å². The molecule has 13 heavy (non-hydrogen) atoms. The summed E-state index contributed by atoms with van der Waals surface area (Å²) in [6, 6.07) is 1.71. The lowest BCUT2D eigenvalue weighted by atomic mass is 10.4. The maximum Gasteiger partial charge on any atom is 0.349 e. The van der Waals surface area contributed by atoms with Gasteiger partial charge in [0.25, 0.3) is 0 Å². The third-order valence-electron chi connectivity index (χ3n) is 2.33. The number of nitrogens with two attached hydrogens (primary N) is 1. The Kier molecular flexibility index (Phi) is 1.81. The Labute approximate surface area is 74.8 Å². The van der Waals surface area contributed by atoms with Gasteiger partial charge in [-0.05, 0) is 12.5 Å². The zero-order chi connectivity index (χ0) is 9.42. The third kappa shape index (κ3) is 1.42. The smallest absolute Gasteiger partial charge is 0.349 e. The second kappa shape index (κ2) is 2.85. The van der Waals surface area contributed by atoms with Gasteiger partial charge in [-0.2, -0.15) is 4.98 Å². The number of aliphatic hydroxyl groups is 1. The molecule has 1 fully saturated rings. The SMILES string of the molecule is Nc1ccn([C@@H]2C[C@@H]2CO)c(=O)n1. The molecule has 1 aliphatic rings. The number of aliphatic hydroxyl groups excluding tert-OH is 1. The van der Waals surface area contributed by atoms with Crippen LogP contribution in [0.4, 0.5) is 5.82 Å². The van der Waals surface area contributed by atoms with Crippen molar-refractivity contribution in [1.29, 1.82) is 0 Å². The first-order chi connectivity index (χ1) is 6.22. The van der Waals surface area contributed by atoms with Crippen LogP contribution in [-0.4, -0.2) is 21.3 Å². The van der Waals surface area contributed by atoms with Crippen molar-refractivity contribution in [3.05, 3.63) is 22.7 Å². The highest BCUT2D eigenvalue weighted by Gasteiger charge is 2.38. The van der Waals surface area contributed by atoms with E-state index < -0.39 is 0 Å². The van der Waals surface area contributed by atoms with Crippen LogP contribution in [0.1, 0.15) is 12.5 Å². The minimum absolute atomic E-state index is 0.116. The van der Waals surface area contributed by atoms with Crippen LogP contribution in [0.25, 0.3) is 0 Å². The Morgan fingerprint density at radius 3 is 3.08 bits per heavy atom. The molecule has 0 aliphatic heterocycles. The van der Waals surface area contributed by atoms with Crippen molar-refractivity contribution in [3.8, 4) is 0 Å². The van der Waals surface area contributed by atoms with Gasteiger partial charge in [-0.3, -0.25) is 4.57 Å². The number of rotatable bonds is 2. The molecular weight excluding hydrogens is 170 g/mol. The summed E-state index contributed by atoms with van der Waals surface area (Å²) in [5, 5.41) is 8.82. The fourth-order valence-electron chi connectivity index (χ4n) is 1.45. The fraction of sp³-hybridized carbons (Fsp3) is 0.500. The minimum Gasteiger partial charge on any atom is -0.396 e. The molecule has 0 bridgehead atoms. The molecule has 1 heterocycles. The average Bonchev–Trinajstić information content (AvgIpc) is 2.83. The summed E-state index contributed by atoms with van der Waals surface area (Å²) in [5.41, 5.74) is 5.01. The third-order valence-corrected chi connectivity index (χ3v) is 2.33. The Morgan fingerprint density at radius 1 is 1.77 bits per heavy atom. The van der Waals surface area contributed by atoms with Crippen LogP contribution in [0.2, 0.25) is 0 Å². The van der Waals surface area contributed by atoms with Gasteiger partial charge in [0.05, 0.1) is 0 Å². The maximum atomic E-state index is 11.3. The predicted octanol–water partition coefficient (Wildman–Crippen LogP) is -0.621. The summed E-state index contributed by atoms with van der Waals surface area (Å²) in [4.78, 5) is 14.9. The molecule has 2 atom stereocenters. The van der Waals surface area contributed by atoms with Gasteiger partial charge >= 0.3 is 5.69 Å². The summed E-state index contributed by atoms with van der Waals surface area (Å²) in [6.07, 6.45) is 2.48. The highest BCUT2D eigenvalue weighted by molar-refractivity contribution is 5.24. The van der Waals surface area contributed by atoms with Crippen molar-refractivity contribution in [2.75, 3.05) is 12.3 Å². The number of nitrogens with zero attached hydrogens (tertiary/aromatic N) is 2. The van der Waals surface area contributed by atoms with Gasteiger partial charge in [0.1, 0.15) is 5.82 Å². The normalized spacial score (nSPS) is 25.9. The number of hydrogen-bond acceptors (Lipinski definition) is 4. The molecule has 0 radical (unpaired) electrons. The van der Waals surface area contributed by atoms with Gasteiger partial charge in [0.2, 0.25) is 0 Å². The largest absolute Gasteiger partial charge is 0.396 e. The van der Waals surface area contributed by atoms with E-state index in [4.69, 9.17) is 10.8 Å². The molecule has 1 aromatic heterocycles. The van der Waals surface area contributed by atoms with E-state index >= 15 is 0 Å². The average molecular weight is 181 g/mol. The van der Waals surface area contributed by atoms with Gasteiger partial charge in [-0.15, -0.1) is 0 Å². The van der Waals surface area contributed by atoms with Crippen LogP contribution in [0, 0.1) is 5.92 Å². The zero-order valence-corrected chi connectivity index (χ0v) is 7.05. The Balaban J connectivity index is 2.28.